The lowest BCUT2D eigenvalue weighted by molar-refractivity contribution is -0.885. The van der Waals surface area contributed by atoms with Crippen LogP contribution in [-0.4, -0.2) is 39.3 Å². The van der Waals surface area contributed by atoms with Gasteiger partial charge in [-0.1, -0.05) is 6.07 Å². The molecule has 2 rings (SSSR count). The maximum absolute atomic E-state index is 12.3. The molecule has 1 aliphatic carbocycles. The van der Waals surface area contributed by atoms with Gasteiger partial charge in [0, 0.05) is 0 Å². The first-order valence-corrected chi connectivity index (χ1v) is 8.17. The van der Waals surface area contributed by atoms with E-state index in [0.29, 0.717) is 24.6 Å². The van der Waals surface area contributed by atoms with Crippen molar-refractivity contribution in [3.8, 4) is 17.6 Å². The molecule has 1 amide bonds. The Morgan fingerprint density at radius 3 is 2.67 bits per heavy atom. The number of ether oxygens (including phenoxy) is 2. The third-order valence-corrected chi connectivity index (χ3v) is 4.46. The number of para-hydroxylation sites is 1. The van der Waals surface area contributed by atoms with Gasteiger partial charge >= 0.3 is 0 Å². The van der Waals surface area contributed by atoms with Crippen LogP contribution in [0, 0.1) is 17.2 Å². The van der Waals surface area contributed by atoms with Crippen molar-refractivity contribution in [2.75, 3.05) is 27.8 Å². The summed E-state index contributed by atoms with van der Waals surface area (Å²) in [5.41, 5.74) is 0.234. The molecule has 0 radical (unpaired) electrons. The molecule has 1 unspecified atom stereocenters. The average molecular weight is 332 g/mol. The molecule has 2 atom stereocenters. The summed E-state index contributed by atoms with van der Waals surface area (Å²) in [4.78, 5) is 13.3. The van der Waals surface area contributed by atoms with Crippen molar-refractivity contribution in [2.45, 2.75) is 31.8 Å². The van der Waals surface area contributed by atoms with Crippen LogP contribution in [0.3, 0.4) is 0 Å². The number of carbonyl (C=O) groups excluding carboxylic acids is 1. The van der Waals surface area contributed by atoms with Crippen molar-refractivity contribution in [3.63, 3.8) is 0 Å². The van der Waals surface area contributed by atoms with Gasteiger partial charge in [-0.3, -0.25) is 4.79 Å². The van der Waals surface area contributed by atoms with Crippen molar-refractivity contribution in [3.05, 3.63) is 23.8 Å². The second-order valence-electron chi connectivity index (χ2n) is 6.60. The fourth-order valence-corrected chi connectivity index (χ4v) is 2.97. The van der Waals surface area contributed by atoms with Crippen molar-refractivity contribution >= 4 is 5.91 Å². The minimum absolute atomic E-state index is 0.106. The van der Waals surface area contributed by atoms with Crippen LogP contribution in [0.2, 0.25) is 0 Å². The zero-order valence-electron chi connectivity index (χ0n) is 14.8. The molecule has 2 N–H and O–H groups in total. The number of nitriles is 1. The standard InChI is InChI=1S/C18H25N3O3/c1-18(12-19,14-8-9-14)20-16(22)11-21(2)10-13-6-5-7-15(23-3)17(13)24-4/h5-7,14H,8-11H2,1-4H3,(H,20,22)/p+1/t18-/m0/s1. The topological polar surface area (TPSA) is 75.8 Å². The monoisotopic (exact) mass is 332 g/mol. The summed E-state index contributed by atoms with van der Waals surface area (Å²) in [6.45, 7) is 2.73. The van der Waals surface area contributed by atoms with E-state index in [1.807, 2.05) is 32.2 Å². The third-order valence-electron chi connectivity index (χ3n) is 4.46. The fraction of sp³-hybridized carbons (Fsp3) is 0.556. The molecule has 1 saturated carbocycles. The minimum Gasteiger partial charge on any atom is -0.493 e. The second kappa shape index (κ2) is 7.54. The molecule has 130 valence electrons. The van der Waals surface area contributed by atoms with Crippen LogP contribution in [0.15, 0.2) is 18.2 Å². The molecule has 0 heterocycles. The first-order chi connectivity index (χ1) is 11.4. The molecule has 0 spiro atoms. The van der Waals surface area contributed by atoms with E-state index in [1.54, 1.807) is 14.2 Å². The van der Waals surface area contributed by atoms with Crippen molar-refractivity contribution in [1.29, 1.82) is 5.26 Å². The van der Waals surface area contributed by atoms with E-state index < -0.39 is 5.54 Å². The summed E-state index contributed by atoms with van der Waals surface area (Å²) < 4.78 is 10.7. The molecule has 0 saturated heterocycles. The molecule has 6 heteroatoms. The van der Waals surface area contributed by atoms with Crippen LogP contribution in [0.25, 0.3) is 0 Å². The summed E-state index contributed by atoms with van der Waals surface area (Å²) >= 11 is 0. The predicted molar refractivity (Wildman–Crippen MR) is 89.9 cm³/mol. The van der Waals surface area contributed by atoms with Gasteiger partial charge < -0.3 is 19.7 Å². The van der Waals surface area contributed by atoms with Gasteiger partial charge in [-0.25, -0.2) is 0 Å². The highest BCUT2D eigenvalue weighted by Crippen LogP contribution is 2.39. The Kier molecular flexibility index (Phi) is 5.68. The zero-order chi connectivity index (χ0) is 17.7. The van der Waals surface area contributed by atoms with Gasteiger partial charge in [0.05, 0.1) is 32.9 Å². The summed E-state index contributed by atoms with van der Waals surface area (Å²) in [5.74, 6) is 1.55. The molecule has 1 aromatic carbocycles. The number of rotatable bonds is 8. The molecular formula is C18H26N3O3+. The largest absolute Gasteiger partial charge is 0.493 e. The van der Waals surface area contributed by atoms with Gasteiger partial charge in [0.2, 0.25) is 0 Å². The number of carbonyl (C=O) groups is 1. The summed E-state index contributed by atoms with van der Waals surface area (Å²) in [7, 11) is 5.16. The smallest absolute Gasteiger partial charge is 0.276 e. The predicted octanol–water partition coefficient (Wildman–Crippen LogP) is 0.527. The number of nitrogens with one attached hydrogen (secondary N) is 2. The summed E-state index contributed by atoms with van der Waals surface area (Å²) in [6, 6.07) is 7.97. The lowest BCUT2D eigenvalue weighted by Crippen LogP contribution is -3.09. The van der Waals surface area contributed by atoms with Crippen LogP contribution in [-0.2, 0) is 11.3 Å². The maximum atomic E-state index is 12.3. The number of amides is 1. The van der Waals surface area contributed by atoms with Gasteiger partial charge in [-0.15, -0.1) is 0 Å². The van der Waals surface area contributed by atoms with E-state index in [1.165, 1.54) is 0 Å². The lowest BCUT2D eigenvalue weighted by atomic mass is 9.98. The molecule has 1 aromatic rings. The van der Waals surface area contributed by atoms with Crippen LogP contribution >= 0.6 is 0 Å². The van der Waals surface area contributed by atoms with E-state index in [-0.39, 0.29) is 11.8 Å². The zero-order valence-corrected chi connectivity index (χ0v) is 14.8. The van der Waals surface area contributed by atoms with E-state index in [2.05, 4.69) is 11.4 Å². The van der Waals surface area contributed by atoms with Crippen LogP contribution in [0.5, 0.6) is 11.5 Å². The number of benzene rings is 1. The molecule has 1 aliphatic rings. The lowest BCUT2D eigenvalue weighted by Gasteiger charge is -2.24. The van der Waals surface area contributed by atoms with Crippen LogP contribution < -0.4 is 19.7 Å². The SMILES string of the molecule is COc1cccc(C[NH+](C)CC(=O)N[C@@](C)(C#N)C2CC2)c1OC. The minimum atomic E-state index is -0.745. The Balaban J connectivity index is 1.97. The quantitative estimate of drug-likeness (QED) is 0.728. The molecule has 6 nitrogen and oxygen atoms in total. The van der Waals surface area contributed by atoms with Crippen molar-refractivity contribution in [1.82, 2.24) is 5.32 Å². The number of methoxy groups -OCH3 is 2. The van der Waals surface area contributed by atoms with Gasteiger partial charge in [0.15, 0.2) is 18.0 Å². The van der Waals surface area contributed by atoms with Gasteiger partial charge in [-0.2, -0.15) is 5.26 Å². The Labute approximate surface area is 143 Å². The Bertz CT molecular complexity index is 637. The Morgan fingerprint density at radius 2 is 2.12 bits per heavy atom. The average Bonchev–Trinajstić information content (AvgIpc) is 3.39. The third kappa shape index (κ3) is 4.18. The van der Waals surface area contributed by atoms with Crippen molar-refractivity contribution in [2.24, 2.45) is 5.92 Å². The molecule has 0 aliphatic heterocycles. The van der Waals surface area contributed by atoms with Crippen LogP contribution in [0.4, 0.5) is 0 Å². The Morgan fingerprint density at radius 1 is 1.42 bits per heavy atom. The highest BCUT2D eigenvalue weighted by atomic mass is 16.5. The molecule has 0 aromatic heterocycles. The maximum Gasteiger partial charge on any atom is 0.276 e. The summed E-state index contributed by atoms with van der Waals surface area (Å²) in [5, 5.41) is 12.2. The van der Waals surface area contributed by atoms with E-state index >= 15 is 0 Å². The highest BCUT2D eigenvalue weighted by Gasteiger charge is 2.43. The molecule has 24 heavy (non-hydrogen) atoms. The Hall–Kier alpha value is -2.26. The first kappa shape index (κ1) is 18.1. The van der Waals surface area contributed by atoms with Crippen molar-refractivity contribution < 1.29 is 19.2 Å². The highest BCUT2D eigenvalue weighted by molar-refractivity contribution is 5.78. The molecular weight excluding hydrogens is 306 g/mol. The fourth-order valence-electron chi connectivity index (χ4n) is 2.97. The number of hydrogen-bond acceptors (Lipinski definition) is 4. The van der Waals surface area contributed by atoms with E-state index in [4.69, 9.17) is 9.47 Å². The van der Waals surface area contributed by atoms with E-state index in [9.17, 15) is 10.1 Å². The van der Waals surface area contributed by atoms with Gasteiger partial charge in [-0.05, 0) is 37.8 Å². The normalized spacial score (nSPS) is 17.3. The number of likely N-dealkylation sites (N-methyl/N-ethyl adjacent to an activating group) is 1. The first-order valence-electron chi connectivity index (χ1n) is 8.17. The molecule has 1 fully saturated rings. The molecule has 0 bridgehead atoms. The number of quaternary nitrogens is 1. The number of nitrogens with zero attached hydrogens (tertiary/aromatic N) is 1. The van der Waals surface area contributed by atoms with Gasteiger partial charge in [0.25, 0.3) is 5.91 Å². The summed E-state index contributed by atoms with van der Waals surface area (Å²) in [6.07, 6.45) is 2.02. The van der Waals surface area contributed by atoms with Crippen LogP contribution in [0.1, 0.15) is 25.3 Å². The van der Waals surface area contributed by atoms with E-state index in [0.717, 1.165) is 23.3 Å². The number of hydrogen-bond donors (Lipinski definition) is 2. The second-order valence-corrected chi connectivity index (χ2v) is 6.60. The van der Waals surface area contributed by atoms with Gasteiger partial charge in [0.1, 0.15) is 12.1 Å².